The third kappa shape index (κ3) is 3.40. The van der Waals surface area contributed by atoms with Gasteiger partial charge in [-0.3, -0.25) is 9.59 Å². The van der Waals surface area contributed by atoms with E-state index in [9.17, 15) is 9.59 Å². The molecule has 0 bridgehead atoms. The minimum absolute atomic E-state index is 0.233. The summed E-state index contributed by atoms with van der Waals surface area (Å²) in [5.41, 5.74) is 2.91. The molecule has 3 aromatic rings. The highest BCUT2D eigenvalue weighted by molar-refractivity contribution is 7.99. The van der Waals surface area contributed by atoms with E-state index < -0.39 is 0 Å². The van der Waals surface area contributed by atoms with Crippen LogP contribution in [0.3, 0.4) is 0 Å². The fourth-order valence-electron chi connectivity index (χ4n) is 3.04. The highest BCUT2D eigenvalue weighted by Crippen LogP contribution is 2.31. The minimum atomic E-state index is -0.233. The monoisotopic (exact) mass is 366 g/mol. The van der Waals surface area contributed by atoms with Gasteiger partial charge in [-0.25, -0.2) is 0 Å². The number of carbonyl (C=O) groups excluding carboxylic acids is 1. The lowest BCUT2D eigenvalue weighted by Crippen LogP contribution is -2.26. The summed E-state index contributed by atoms with van der Waals surface area (Å²) in [5.74, 6) is 0.799. The number of carbonyl (C=O) groups is 1. The van der Waals surface area contributed by atoms with Gasteiger partial charge in [0, 0.05) is 30.1 Å². The van der Waals surface area contributed by atoms with E-state index in [0.29, 0.717) is 12.8 Å². The zero-order chi connectivity index (χ0) is 18.7. The van der Waals surface area contributed by atoms with Crippen molar-refractivity contribution in [3.05, 3.63) is 70.0 Å². The molecule has 0 spiro atoms. The van der Waals surface area contributed by atoms with E-state index in [2.05, 4.69) is 0 Å². The molecule has 26 heavy (non-hydrogen) atoms. The Hall–Kier alpha value is -2.53. The maximum absolute atomic E-state index is 13.1. The molecule has 0 aliphatic carbocycles. The van der Waals surface area contributed by atoms with Gasteiger partial charge in [-0.05, 0) is 29.5 Å². The normalized spacial score (nSPS) is 10.9. The number of rotatable bonds is 6. The second kappa shape index (κ2) is 7.79. The van der Waals surface area contributed by atoms with Crippen LogP contribution in [0.1, 0.15) is 22.8 Å². The highest BCUT2D eigenvalue weighted by Gasteiger charge is 2.17. The maximum atomic E-state index is 13.1. The van der Waals surface area contributed by atoms with Gasteiger partial charge in [0.05, 0.1) is 17.6 Å². The third-order valence-electron chi connectivity index (χ3n) is 4.34. The van der Waals surface area contributed by atoms with Crippen LogP contribution < -0.4 is 10.5 Å². The van der Waals surface area contributed by atoms with Crippen LogP contribution in [0.15, 0.2) is 58.2 Å². The fourth-order valence-corrected chi connectivity index (χ4v) is 3.94. The van der Waals surface area contributed by atoms with Crippen molar-refractivity contribution in [2.24, 2.45) is 0 Å². The van der Waals surface area contributed by atoms with Crippen LogP contribution in [0.4, 0.5) is 5.69 Å². The van der Waals surface area contributed by atoms with Crippen molar-refractivity contribution in [1.82, 2.24) is 4.57 Å². The van der Waals surface area contributed by atoms with Gasteiger partial charge in [0.25, 0.3) is 5.56 Å². The van der Waals surface area contributed by atoms with Gasteiger partial charge in [0.1, 0.15) is 0 Å². The summed E-state index contributed by atoms with van der Waals surface area (Å²) >= 11 is 1.54. The van der Waals surface area contributed by atoms with Crippen molar-refractivity contribution < 1.29 is 4.79 Å². The maximum Gasteiger partial charge on any atom is 0.263 e. The van der Waals surface area contributed by atoms with Crippen LogP contribution in [0.5, 0.6) is 0 Å². The molecule has 0 N–H and O–H groups in total. The van der Waals surface area contributed by atoms with Crippen molar-refractivity contribution in [3.8, 4) is 0 Å². The summed E-state index contributed by atoms with van der Waals surface area (Å²) in [7, 11) is 3.95. The van der Waals surface area contributed by atoms with E-state index in [-0.39, 0.29) is 11.1 Å². The molecule has 0 fully saturated rings. The first-order valence-corrected chi connectivity index (χ1v) is 9.55. The number of aromatic nitrogens is 1. The largest absolute Gasteiger partial charge is 0.378 e. The molecular weight excluding hydrogens is 344 g/mol. The molecule has 0 unspecified atom stereocenters. The third-order valence-corrected chi connectivity index (χ3v) is 5.36. The number of benzene rings is 2. The molecule has 0 atom stereocenters. The summed E-state index contributed by atoms with van der Waals surface area (Å²) in [6.07, 6.45) is 0.696. The number of hydrogen-bond donors (Lipinski definition) is 0. The number of nitrogens with zero attached hydrogens (tertiary/aromatic N) is 2. The Morgan fingerprint density at radius 3 is 2.46 bits per heavy atom. The molecule has 0 amide bonds. The topological polar surface area (TPSA) is 42.3 Å². The second-order valence-electron chi connectivity index (χ2n) is 6.27. The van der Waals surface area contributed by atoms with Gasteiger partial charge in [-0.2, -0.15) is 0 Å². The molecule has 1 aromatic heterocycles. The summed E-state index contributed by atoms with van der Waals surface area (Å²) < 4.78 is 1.71. The van der Waals surface area contributed by atoms with Gasteiger partial charge < -0.3 is 9.47 Å². The van der Waals surface area contributed by atoms with Crippen LogP contribution in [-0.2, 0) is 6.54 Å². The Labute approximate surface area is 157 Å². The van der Waals surface area contributed by atoms with Gasteiger partial charge in [-0.15, -0.1) is 11.8 Å². The number of fused-ring (bicyclic) bond motifs is 1. The average molecular weight is 366 g/mol. The Bertz CT molecular complexity index is 994. The molecule has 134 valence electrons. The van der Waals surface area contributed by atoms with Crippen molar-refractivity contribution in [1.29, 1.82) is 0 Å². The van der Waals surface area contributed by atoms with Crippen molar-refractivity contribution in [2.45, 2.75) is 18.4 Å². The highest BCUT2D eigenvalue weighted by atomic mass is 32.2. The smallest absolute Gasteiger partial charge is 0.263 e. The molecule has 2 aromatic carbocycles. The zero-order valence-corrected chi connectivity index (χ0v) is 16.0. The van der Waals surface area contributed by atoms with E-state index in [0.717, 1.165) is 32.8 Å². The lowest BCUT2D eigenvalue weighted by atomic mass is 10.1. The number of aldehydes is 1. The van der Waals surface area contributed by atoms with E-state index in [4.69, 9.17) is 0 Å². The van der Waals surface area contributed by atoms with Gasteiger partial charge in [0.15, 0.2) is 6.29 Å². The van der Waals surface area contributed by atoms with Gasteiger partial charge in [-0.1, -0.05) is 37.3 Å². The van der Waals surface area contributed by atoms with E-state index in [1.807, 2.05) is 74.4 Å². The van der Waals surface area contributed by atoms with Crippen LogP contribution >= 0.6 is 11.8 Å². The predicted molar refractivity (Wildman–Crippen MR) is 110 cm³/mol. The second-order valence-corrected chi connectivity index (χ2v) is 7.54. The Kier molecular flexibility index (Phi) is 5.47. The predicted octanol–water partition coefficient (Wildman–Crippen LogP) is 4.04. The Balaban J connectivity index is 2.34. The summed E-state index contributed by atoms with van der Waals surface area (Å²) in [6.45, 7) is 2.46. The number of hydrogen-bond acceptors (Lipinski definition) is 4. The number of anilines is 1. The zero-order valence-electron chi connectivity index (χ0n) is 15.2. The minimum Gasteiger partial charge on any atom is -0.378 e. The Morgan fingerprint density at radius 1 is 1.12 bits per heavy atom. The molecular formula is C21H22N2O2S. The first kappa shape index (κ1) is 18.3. The van der Waals surface area contributed by atoms with Crippen LogP contribution in [0.25, 0.3) is 10.9 Å². The average Bonchev–Trinajstić information content (AvgIpc) is 2.65. The van der Waals surface area contributed by atoms with Crippen molar-refractivity contribution in [3.63, 3.8) is 0 Å². The molecule has 0 radical (unpaired) electrons. The van der Waals surface area contributed by atoms with Crippen LogP contribution in [0.2, 0.25) is 0 Å². The first-order chi connectivity index (χ1) is 12.6. The molecule has 0 saturated heterocycles. The lowest BCUT2D eigenvalue weighted by Gasteiger charge is -2.19. The number of pyridine rings is 1. The molecule has 5 heteroatoms. The lowest BCUT2D eigenvalue weighted by molar-refractivity contribution is 0.111. The first-order valence-electron chi connectivity index (χ1n) is 8.56. The van der Waals surface area contributed by atoms with Crippen molar-refractivity contribution >= 4 is 34.6 Å². The standard InChI is InChI=1S/C21H22N2O2S/c1-4-26-20-17-11-10-16(22(2)3)12-19(17)23(21(25)18(20)14-24)13-15-8-6-5-7-9-15/h5-12,14H,4,13H2,1-3H3. The molecule has 3 rings (SSSR count). The summed E-state index contributed by atoms with van der Waals surface area (Å²) in [5, 5.41) is 0.945. The van der Waals surface area contributed by atoms with Crippen molar-refractivity contribution in [2.75, 3.05) is 24.7 Å². The quantitative estimate of drug-likeness (QED) is 0.488. The summed E-state index contributed by atoms with van der Waals surface area (Å²) in [6, 6.07) is 15.9. The molecule has 0 saturated carbocycles. The molecule has 0 aliphatic rings. The Morgan fingerprint density at radius 2 is 1.85 bits per heavy atom. The van der Waals surface area contributed by atoms with Crippen LogP contribution in [0, 0.1) is 0 Å². The van der Waals surface area contributed by atoms with Gasteiger partial charge >= 0.3 is 0 Å². The summed E-state index contributed by atoms with van der Waals surface area (Å²) in [4.78, 5) is 27.6. The molecule has 4 nitrogen and oxygen atoms in total. The van der Waals surface area contributed by atoms with E-state index in [1.54, 1.807) is 16.3 Å². The van der Waals surface area contributed by atoms with E-state index in [1.165, 1.54) is 0 Å². The van der Waals surface area contributed by atoms with Crippen LogP contribution in [-0.4, -0.2) is 30.7 Å². The molecule has 0 aliphatic heterocycles. The molecule has 1 heterocycles. The SMILES string of the molecule is CCSc1c(C=O)c(=O)n(Cc2ccccc2)c2cc(N(C)C)ccc12. The fraction of sp³-hybridized carbons (Fsp3) is 0.238. The van der Waals surface area contributed by atoms with E-state index >= 15 is 0 Å². The van der Waals surface area contributed by atoms with Gasteiger partial charge in [0.2, 0.25) is 0 Å². The number of thioether (sulfide) groups is 1.